The Bertz CT molecular complexity index is 733. The van der Waals surface area contributed by atoms with E-state index in [9.17, 15) is 10.1 Å². The molecule has 6 heteroatoms. The van der Waals surface area contributed by atoms with Gasteiger partial charge in [-0.3, -0.25) is 10.1 Å². The van der Waals surface area contributed by atoms with Gasteiger partial charge in [0.05, 0.1) is 22.4 Å². The SMILES string of the molecule is CCC(C)Oc1ccc2c(c1)Sc1cc([N+](=O)[O-])ccc1N2. The van der Waals surface area contributed by atoms with Crippen molar-refractivity contribution in [3.05, 3.63) is 46.5 Å². The lowest BCUT2D eigenvalue weighted by atomic mass is 10.2. The number of rotatable bonds is 4. The third-order valence-electron chi connectivity index (χ3n) is 3.53. The van der Waals surface area contributed by atoms with Gasteiger partial charge in [0.1, 0.15) is 5.75 Å². The van der Waals surface area contributed by atoms with Crippen LogP contribution in [0.15, 0.2) is 46.2 Å². The van der Waals surface area contributed by atoms with Gasteiger partial charge in [-0.05, 0) is 37.6 Å². The second-order valence-electron chi connectivity index (χ2n) is 5.16. The van der Waals surface area contributed by atoms with Crippen molar-refractivity contribution in [3.8, 4) is 5.75 Å². The molecular formula is C16H16N2O3S. The molecule has 0 aromatic heterocycles. The Kier molecular flexibility index (Phi) is 3.94. The molecule has 1 atom stereocenters. The van der Waals surface area contributed by atoms with Crippen molar-refractivity contribution in [2.24, 2.45) is 0 Å². The number of hydrogen-bond acceptors (Lipinski definition) is 5. The van der Waals surface area contributed by atoms with Gasteiger partial charge in [0, 0.05) is 21.9 Å². The largest absolute Gasteiger partial charge is 0.491 e. The molecular weight excluding hydrogens is 300 g/mol. The molecule has 0 fully saturated rings. The summed E-state index contributed by atoms with van der Waals surface area (Å²) in [6.45, 7) is 4.11. The van der Waals surface area contributed by atoms with Crippen LogP contribution in [0.3, 0.4) is 0 Å². The Hall–Kier alpha value is -2.21. The number of nitro benzene ring substituents is 1. The summed E-state index contributed by atoms with van der Waals surface area (Å²) < 4.78 is 5.83. The van der Waals surface area contributed by atoms with E-state index >= 15 is 0 Å². The predicted octanol–water partition coefficient (Wildman–Crippen LogP) is 4.98. The summed E-state index contributed by atoms with van der Waals surface area (Å²) in [6.07, 6.45) is 1.10. The normalized spacial score (nSPS) is 13.5. The molecule has 0 aliphatic carbocycles. The topological polar surface area (TPSA) is 64.4 Å². The maximum Gasteiger partial charge on any atom is 0.270 e. The van der Waals surface area contributed by atoms with Crippen LogP contribution >= 0.6 is 11.8 Å². The van der Waals surface area contributed by atoms with Crippen LogP contribution in [0.1, 0.15) is 20.3 Å². The fourth-order valence-electron chi connectivity index (χ4n) is 2.16. The second-order valence-corrected chi connectivity index (χ2v) is 6.24. The molecule has 1 unspecified atom stereocenters. The molecule has 0 amide bonds. The minimum absolute atomic E-state index is 0.100. The first-order valence-corrected chi connectivity index (χ1v) is 7.92. The lowest BCUT2D eigenvalue weighted by Gasteiger charge is -2.22. The summed E-state index contributed by atoms with van der Waals surface area (Å²) in [5.74, 6) is 0.816. The highest BCUT2D eigenvalue weighted by Crippen LogP contribution is 2.46. The van der Waals surface area contributed by atoms with E-state index in [0.717, 1.165) is 33.3 Å². The first kappa shape index (κ1) is 14.7. The molecule has 2 aromatic rings. The molecule has 22 heavy (non-hydrogen) atoms. The van der Waals surface area contributed by atoms with Gasteiger partial charge >= 0.3 is 0 Å². The van der Waals surface area contributed by atoms with E-state index in [0.29, 0.717) is 0 Å². The Morgan fingerprint density at radius 1 is 1.23 bits per heavy atom. The molecule has 1 heterocycles. The first-order valence-electron chi connectivity index (χ1n) is 7.11. The van der Waals surface area contributed by atoms with Crippen LogP contribution in [0.25, 0.3) is 0 Å². The minimum atomic E-state index is -0.376. The lowest BCUT2D eigenvalue weighted by Crippen LogP contribution is -2.10. The van der Waals surface area contributed by atoms with Crippen LogP contribution in [0.5, 0.6) is 5.75 Å². The third-order valence-corrected chi connectivity index (χ3v) is 4.65. The van der Waals surface area contributed by atoms with Crippen molar-refractivity contribution >= 4 is 28.8 Å². The fraction of sp³-hybridized carbons (Fsp3) is 0.250. The summed E-state index contributed by atoms with van der Waals surface area (Å²) in [5, 5.41) is 14.2. The van der Waals surface area contributed by atoms with E-state index in [1.165, 1.54) is 17.8 Å². The second kappa shape index (κ2) is 5.88. The molecule has 0 spiro atoms. The molecule has 3 rings (SSSR count). The van der Waals surface area contributed by atoms with Crippen molar-refractivity contribution in [1.82, 2.24) is 0 Å². The highest BCUT2D eigenvalue weighted by atomic mass is 32.2. The average molecular weight is 316 g/mol. The molecule has 5 nitrogen and oxygen atoms in total. The number of nitro groups is 1. The molecule has 1 aliphatic rings. The van der Waals surface area contributed by atoms with Gasteiger partial charge in [-0.15, -0.1) is 0 Å². The molecule has 0 saturated heterocycles. The maximum atomic E-state index is 10.9. The summed E-state index contributed by atoms with van der Waals surface area (Å²) in [6, 6.07) is 10.7. The van der Waals surface area contributed by atoms with Crippen LogP contribution in [-0.2, 0) is 0 Å². The summed E-state index contributed by atoms with van der Waals surface area (Å²) in [4.78, 5) is 12.4. The Morgan fingerprint density at radius 3 is 2.59 bits per heavy atom. The summed E-state index contributed by atoms with van der Waals surface area (Å²) >= 11 is 1.52. The molecule has 0 radical (unpaired) electrons. The van der Waals surface area contributed by atoms with Crippen molar-refractivity contribution in [1.29, 1.82) is 0 Å². The molecule has 0 saturated carbocycles. The molecule has 114 valence electrons. The Balaban J connectivity index is 1.89. The maximum absolute atomic E-state index is 10.9. The Morgan fingerprint density at radius 2 is 1.91 bits per heavy atom. The zero-order chi connectivity index (χ0) is 15.7. The van der Waals surface area contributed by atoms with Gasteiger partial charge < -0.3 is 10.1 Å². The number of anilines is 2. The number of nitrogens with zero attached hydrogens (tertiary/aromatic N) is 1. The van der Waals surface area contributed by atoms with E-state index in [2.05, 4.69) is 12.2 Å². The van der Waals surface area contributed by atoms with E-state index in [4.69, 9.17) is 4.74 Å². The van der Waals surface area contributed by atoms with Crippen LogP contribution in [-0.4, -0.2) is 11.0 Å². The van der Waals surface area contributed by atoms with E-state index in [1.807, 2.05) is 25.1 Å². The van der Waals surface area contributed by atoms with Gasteiger partial charge in [0.15, 0.2) is 0 Å². The number of hydrogen-bond donors (Lipinski definition) is 1. The number of nitrogens with one attached hydrogen (secondary N) is 1. The van der Waals surface area contributed by atoms with Crippen molar-refractivity contribution in [2.45, 2.75) is 36.2 Å². The van der Waals surface area contributed by atoms with Gasteiger partial charge in [-0.1, -0.05) is 18.7 Å². The number of benzene rings is 2. The van der Waals surface area contributed by atoms with Crippen molar-refractivity contribution < 1.29 is 9.66 Å². The highest BCUT2D eigenvalue weighted by Gasteiger charge is 2.19. The third kappa shape index (κ3) is 2.87. The smallest absolute Gasteiger partial charge is 0.270 e. The monoisotopic (exact) mass is 316 g/mol. The Labute approximate surface area is 132 Å². The van der Waals surface area contributed by atoms with Crippen molar-refractivity contribution in [2.75, 3.05) is 5.32 Å². The first-order chi connectivity index (χ1) is 10.6. The molecule has 1 aliphatic heterocycles. The van der Waals surface area contributed by atoms with Gasteiger partial charge in [0.2, 0.25) is 0 Å². The summed E-state index contributed by atoms with van der Waals surface area (Å²) in [5.41, 5.74) is 1.98. The zero-order valence-corrected chi connectivity index (χ0v) is 13.1. The van der Waals surface area contributed by atoms with Gasteiger partial charge in [-0.25, -0.2) is 0 Å². The highest BCUT2D eigenvalue weighted by molar-refractivity contribution is 7.99. The van der Waals surface area contributed by atoms with E-state index in [1.54, 1.807) is 12.1 Å². The van der Waals surface area contributed by atoms with Crippen LogP contribution < -0.4 is 10.1 Å². The van der Waals surface area contributed by atoms with Gasteiger partial charge in [-0.2, -0.15) is 0 Å². The predicted molar refractivity (Wildman–Crippen MR) is 87.3 cm³/mol. The number of ether oxygens (including phenoxy) is 1. The molecule has 0 bridgehead atoms. The standard InChI is InChI=1S/C16H16N2O3S/c1-3-10(2)21-12-5-7-14-16(9-12)22-15-8-11(18(19)20)4-6-13(15)17-14/h4-10,17H,3H2,1-2H3. The summed E-state index contributed by atoms with van der Waals surface area (Å²) in [7, 11) is 0. The lowest BCUT2D eigenvalue weighted by molar-refractivity contribution is -0.385. The molecule has 1 N–H and O–H groups in total. The van der Waals surface area contributed by atoms with Crippen LogP contribution in [0.4, 0.5) is 17.1 Å². The van der Waals surface area contributed by atoms with Gasteiger partial charge in [0.25, 0.3) is 5.69 Å². The van der Waals surface area contributed by atoms with Crippen molar-refractivity contribution in [3.63, 3.8) is 0 Å². The minimum Gasteiger partial charge on any atom is -0.491 e. The fourth-order valence-corrected chi connectivity index (χ4v) is 3.20. The van der Waals surface area contributed by atoms with Crippen LogP contribution in [0, 0.1) is 10.1 Å². The molecule has 2 aromatic carbocycles. The van der Waals surface area contributed by atoms with E-state index in [-0.39, 0.29) is 16.7 Å². The number of fused-ring (bicyclic) bond motifs is 2. The average Bonchev–Trinajstić information content (AvgIpc) is 2.52. The quantitative estimate of drug-likeness (QED) is 0.543. The number of non-ortho nitro benzene ring substituents is 1. The van der Waals surface area contributed by atoms with E-state index < -0.39 is 0 Å². The van der Waals surface area contributed by atoms with Crippen LogP contribution in [0.2, 0.25) is 0 Å². The zero-order valence-electron chi connectivity index (χ0n) is 12.3.